The zero-order chi connectivity index (χ0) is 3.58. The molecule has 0 spiro atoms. The monoisotopic (exact) mass is 203 g/mol. The van der Waals surface area contributed by atoms with Crippen molar-refractivity contribution >= 4 is 133 Å². The van der Waals surface area contributed by atoms with Crippen LogP contribution in [0.1, 0.15) is 5.71 Å². The van der Waals surface area contributed by atoms with E-state index in [2.05, 4.69) is 0 Å². The molecule has 7 heteroatoms. The second kappa shape index (κ2) is 22.4. The molecule has 0 amide bonds. The fraction of sp³-hybridized carbons (Fsp3) is 0. The van der Waals surface area contributed by atoms with E-state index in [9.17, 15) is 0 Å². The summed E-state index contributed by atoms with van der Waals surface area (Å²) >= 11 is 0. The normalized spacial score (nSPS) is 3.00. The quantitative estimate of drug-likeness (QED) is 0.480. The van der Waals surface area contributed by atoms with Gasteiger partial charge in [0.25, 0.3) is 0 Å². The second-order valence-electron chi connectivity index (χ2n) is 0.283. The maximum atomic E-state index is 8.56. The van der Waals surface area contributed by atoms with Crippen LogP contribution in [0.2, 0.25) is 0 Å². The number of carboxylic acid groups (broad SMARTS) is 2. The van der Waals surface area contributed by atoms with E-state index in [4.69, 9.17) is 15.0 Å². The number of carbonyl (C=O) groups is 1. The van der Waals surface area contributed by atoms with Crippen LogP contribution in [0.3, 0.4) is 0 Å². The Morgan fingerprint density at radius 2 is 1.25 bits per heavy atom. The minimum Gasteiger partial charge on any atom is -1.00 e. The number of hydrogen-bond acceptors (Lipinski definition) is 1. The average Bonchev–Trinajstić information content (AvgIpc) is 0.811. The van der Waals surface area contributed by atoms with E-state index in [1.54, 1.807) is 0 Å². The summed E-state index contributed by atoms with van der Waals surface area (Å²) in [6.07, 6.45) is -1.83. The molecule has 4 N–H and O–H groups in total. The SMILES string of the molecule is O.O=C(O)O.[Ca+2].[Ca+2].[H-].[H-].[H-].[H-].[K]. The van der Waals surface area contributed by atoms with Crippen LogP contribution in [-0.2, 0) is 0 Å². The van der Waals surface area contributed by atoms with Crippen molar-refractivity contribution in [3.63, 3.8) is 0 Å². The third kappa shape index (κ3) is 57.6. The molecule has 0 atom stereocenters. The molecule has 0 rings (SSSR count). The molecule has 0 fully saturated rings. The molecule has 0 aromatic heterocycles. The Kier molecular flexibility index (Phi) is 84.5. The van der Waals surface area contributed by atoms with Crippen LogP contribution in [0.5, 0.6) is 0 Å². The van der Waals surface area contributed by atoms with Crippen molar-refractivity contribution in [1.29, 1.82) is 0 Å². The van der Waals surface area contributed by atoms with E-state index in [0.29, 0.717) is 0 Å². The molecule has 41 valence electrons. The average molecular weight is 203 g/mol. The molecule has 0 aliphatic rings. The third-order valence-corrected chi connectivity index (χ3v) is 0. The van der Waals surface area contributed by atoms with Crippen LogP contribution in [0.4, 0.5) is 4.79 Å². The van der Waals surface area contributed by atoms with Gasteiger partial charge in [0.05, 0.1) is 0 Å². The Hall–Kier alpha value is 3.39. The molecule has 1 radical (unpaired) electrons. The van der Waals surface area contributed by atoms with Crippen LogP contribution in [-0.4, -0.2) is 149 Å². The van der Waals surface area contributed by atoms with Crippen LogP contribution >= 0.6 is 0 Å². The van der Waals surface area contributed by atoms with E-state index >= 15 is 0 Å². The molecule has 0 aromatic rings. The van der Waals surface area contributed by atoms with E-state index in [0.717, 1.165) is 0 Å². The van der Waals surface area contributed by atoms with Gasteiger partial charge < -0.3 is 21.4 Å². The first kappa shape index (κ1) is 30.1. The van der Waals surface area contributed by atoms with E-state index < -0.39 is 6.16 Å². The van der Waals surface area contributed by atoms with Crippen molar-refractivity contribution in [2.24, 2.45) is 0 Å². The minimum atomic E-state index is -1.83. The Morgan fingerprint density at radius 3 is 1.25 bits per heavy atom. The Balaban J connectivity index is -0.00000000161. The van der Waals surface area contributed by atoms with Gasteiger partial charge in [0.1, 0.15) is 0 Å². The Morgan fingerprint density at radius 1 is 1.25 bits per heavy atom. The summed E-state index contributed by atoms with van der Waals surface area (Å²) in [6.45, 7) is 0. The molecule has 0 saturated heterocycles. The molecule has 0 aromatic carbocycles. The molecule has 0 unspecified atom stereocenters. The summed E-state index contributed by atoms with van der Waals surface area (Å²) in [5.41, 5.74) is 0. The summed E-state index contributed by atoms with van der Waals surface area (Å²) in [5.74, 6) is 0. The number of rotatable bonds is 0. The molecule has 8 heavy (non-hydrogen) atoms. The van der Waals surface area contributed by atoms with Gasteiger partial charge in [-0.3, -0.25) is 0 Å². The van der Waals surface area contributed by atoms with Gasteiger partial charge in [0.2, 0.25) is 0 Å². The van der Waals surface area contributed by atoms with Crippen LogP contribution in [0.25, 0.3) is 0 Å². The molecular formula is CH8Ca2KO4. The zero-order valence-corrected chi connectivity index (χ0v) is 12.3. The van der Waals surface area contributed by atoms with Crippen molar-refractivity contribution in [3.8, 4) is 0 Å². The molecular weight excluding hydrogens is 195 g/mol. The molecule has 0 bridgehead atoms. The fourth-order valence-electron chi connectivity index (χ4n) is 0. The van der Waals surface area contributed by atoms with E-state index in [1.807, 2.05) is 0 Å². The van der Waals surface area contributed by atoms with Gasteiger partial charge in [-0.25, -0.2) is 4.79 Å². The first-order valence-electron chi connectivity index (χ1n) is 0.651. The molecule has 0 aliphatic carbocycles. The van der Waals surface area contributed by atoms with Gasteiger partial charge in [-0.15, -0.1) is 0 Å². The van der Waals surface area contributed by atoms with Crippen molar-refractivity contribution in [3.05, 3.63) is 0 Å². The predicted octanol–water partition coefficient (Wildman–Crippen LogP) is -1.29. The van der Waals surface area contributed by atoms with Crippen LogP contribution < -0.4 is 0 Å². The van der Waals surface area contributed by atoms with Crippen molar-refractivity contribution in [2.45, 2.75) is 0 Å². The third-order valence-electron chi connectivity index (χ3n) is 0. The second-order valence-corrected chi connectivity index (χ2v) is 0.283. The predicted molar refractivity (Wildman–Crippen MR) is 36.0 cm³/mol. The maximum Gasteiger partial charge on any atom is 2.00 e. The molecule has 4 nitrogen and oxygen atoms in total. The smallest absolute Gasteiger partial charge is 1.00 e. The first-order valence-corrected chi connectivity index (χ1v) is 0.651. The van der Waals surface area contributed by atoms with Gasteiger partial charge in [-0.2, -0.15) is 0 Å². The van der Waals surface area contributed by atoms with Gasteiger partial charge in [0, 0.05) is 51.4 Å². The molecule has 0 heterocycles. The first-order chi connectivity index (χ1) is 1.73. The summed E-state index contributed by atoms with van der Waals surface area (Å²) in [7, 11) is 0. The Labute approximate surface area is 155 Å². The van der Waals surface area contributed by atoms with Crippen molar-refractivity contribution in [1.82, 2.24) is 0 Å². The van der Waals surface area contributed by atoms with Crippen LogP contribution in [0, 0.1) is 0 Å². The molecule has 0 saturated carbocycles. The van der Waals surface area contributed by atoms with Gasteiger partial charge in [0.15, 0.2) is 0 Å². The van der Waals surface area contributed by atoms with Crippen molar-refractivity contribution < 1.29 is 26.2 Å². The van der Waals surface area contributed by atoms with Gasteiger partial charge >= 0.3 is 81.6 Å². The summed E-state index contributed by atoms with van der Waals surface area (Å²) in [4.78, 5) is 8.56. The zero-order valence-electron chi connectivity index (χ0n) is 8.72. The van der Waals surface area contributed by atoms with Crippen LogP contribution in [0.15, 0.2) is 0 Å². The summed E-state index contributed by atoms with van der Waals surface area (Å²) in [6, 6.07) is 0. The molecule has 0 aliphatic heterocycles. The van der Waals surface area contributed by atoms with Gasteiger partial charge in [-0.05, 0) is 0 Å². The fourth-order valence-corrected chi connectivity index (χ4v) is 0. The minimum absolute atomic E-state index is 0. The number of hydrogen-bond donors (Lipinski definition) is 2. The summed E-state index contributed by atoms with van der Waals surface area (Å²) < 4.78 is 0. The summed E-state index contributed by atoms with van der Waals surface area (Å²) in [5, 5.41) is 13.9. The van der Waals surface area contributed by atoms with Crippen molar-refractivity contribution in [2.75, 3.05) is 0 Å². The maximum absolute atomic E-state index is 8.56. The standard InChI is InChI=1S/CH2O3.2Ca.K.H2O.4H/c2-1(3)4;;;;;;;;/h(H2,2,3,4);;;;1H2;;;;/q;2*+2;;;4*-1. The Bertz CT molecular complexity index is 48.0. The largest absolute Gasteiger partial charge is 2.00 e. The van der Waals surface area contributed by atoms with E-state index in [-0.39, 0.29) is 138 Å². The van der Waals surface area contributed by atoms with Gasteiger partial charge in [-0.1, -0.05) is 0 Å². The van der Waals surface area contributed by atoms with E-state index in [1.165, 1.54) is 0 Å². The topological polar surface area (TPSA) is 89.0 Å².